The number of nitrogens with zero attached hydrogens (tertiary/aromatic N) is 1. The number of piperidine rings is 1. The molecule has 3 aliphatic heterocycles. The highest BCUT2D eigenvalue weighted by molar-refractivity contribution is 6.05. The Labute approximate surface area is 210 Å². The van der Waals surface area contributed by atoms with Crippen LogP contribution in [0, 0.1) is 11.8 Å². The highest BCUT2D eigenvalue weighted by Gasteiger charge is 2.43. The van der Waals surface area contributed by atoms with E-state index >= 15 is 0 Å². The van der Waals surface area contributed by atoms with Crippen LogP contribution in [0.3, 0.4) is 0 Å². The lowest BCUT2D eigenvalue weighted by atomic mass is 9.77. The molecule has 9 heteroatoms. The lowest BCUT2D eigenvalue weighted by Gasteiger charge is -2.40. The number of hydrogen-bond donors (Lipinski definition) is 2. The van der Waals surface area contributed by atoms with Crippen molar-refractivity contribution in [1.82, 2.24) is 15.5 Å². The average molecular weight is 504 g/mol. The van der Waals surface area contributed by atoms with Gasteiger partial charge in [-0.1, -0.05) is 12.1 Å². The van der Waals surface area contributed by atoms with Crippen LogP contribution in [0.15, 0.2) is 18.2 Å². The quantitative estimate of drug-likeness (QED) is 0.583. The largest absolute Gasteiger partial charge is 0.381 e. The van der Waals surface area contributed by atoms with Gasteiger partial charge < -0.3 is 15.0 Å². The Hall–Kier alpha value is -2.39. The molecule has 0 bridgehead atoms. The van der Waals surface area contributed by atoms with E-state index in [2.05, 4.69) is 17.6 Å². The standard InChI is InChI=1S/C27H35F2N3O4/c1-16(18-7-10-36-11-8-18)30-22-14-27(28,29)9-6-19(22)12-17-2-3-21-20(13-17)15-32(26(21)35)23-4-5-24(33)31-25(23)34/h2-3,13,16,18-19,22-23,30H,4-12,14-15H2,1H3,(H,31,33,34)/t16?,19-,22+,23?/m1/s1. The van der Waals surface area contributed by atoms with Gasteiger partial charge >= 0.3 is 0 Å². The van der Waals surface area contributed by atoms with Gasteiger partial charge in [-0.05, 0) is 68.1 Å². The molecule has 196 valence electrons. The molecule has 1 aromatic carbocycles. The molecule has 2 unspecified atom stereocenters. The zero-order chi connectivity index (χ0) is 25.4. The predicted molar refractivity (Wildman–Crippen MR) is 128 cm³/mol. The fourth-order valence-corrected chi connectivity index (χ4v) is 6.37. The van der Waals surface area contributed by atoms with Gasteiger partial charge in [0.25, 0.3) is 5.91 Å². The van der Waals surface area contributed by atoms with Crippen LogP contribution in [0.25, 0.3) is 0 Å². The first-order valence-corrected chi connectivity index (χ1v) is 13.2. The molecule has 5 rings (SSSR count). The maximum absolute atomic E-state index is 14.4. The van der Waals surface area contributed by atoms with Crippen molar-refractivity contribution in [2.24, 2.45) is 11.8 Å². The van der Waals surface area contributed by atoms with Gasteiger partial charge in [0.15, 0.2) is 0 Å². The molecule has 7 nitrogen and oxygen atoms in total. The SMILES string of the molecule is CC(N[C@H]1CC(F)(F)CC[C@@H]1Cc1ccc2c(c1)CN(C1CCC(=O)NC1=O)C2=O)C1CCOCC1. The Bertz CT molecular complexity index is 1030. The summed E-state index contributed by atoms with van der Waals surface area (Å²) in [6.07, 6.45) is 3.29. The van der Waals surface area contributed by atoms with E-state index in [0.717, 1.165) is 37.2 Å². The van der Waals surface area contributed by atoms with E-state index < -0.39 is 17.9 Å². The molecule has 4 aliphatic rings. The van der Waals surface area contributed by atoms with Crippen molar-refractivity contribution in [1.29, 1.82) is 0 Å². The second-order valence-corrected chi connectivity index (χ2v) is 11.0. The number of nitrogens with one attached hydrogen (secondary N) is 2. The fourth-order valence-electron chi connectivity index (χ4n) is 6.37. The Morgan fingerprint density at radius 2 is 1.94 bits per heavy atom. The minimum Gasteiger partial charge on any atom is -0.381 e. The number of alkyl halides is 2. The van der Waals surface area contributed by atoms with E-state index in [1.165, 1.54) is 4.90 Å². The molecule has 3 heterocycles. The average Bonchev–Trinajstić information content (AvgIpc) is 3.16. The summed E-state index contributed by atoms with van der Waals surface area (Å²) in [5.74, 6) is -3.09. The van der Waals surface area contributed by atoms with Crippen molar-refractivity contribution in [3.8, 4) is 0 Å². The summed E-state index contributed by atoms with van der Waals surface area (Å²) < 4.78 is 34.3. The van der Waals surface area contributed by atoms with Crippen LogP contribution in [0.1, 0.15) is 73.4 Å². The Morgan fingerprint density at radius 1 is 1.17 bits per heavy atom. The maximum atomic E-state index is 14.4. The number of hydrogen-bond acceptors (Lipinski definition) is 5. The number of benzene rings is 1. The lowest BCUT2D eigenvalue weighted by molar-refractivity contribution is -0.136. The zero-order valence-corrected chi connectivity index (χ0v) is 20.7. The zero-order valence-electron chi connectivity index (χ0n) is 20.7. The highest BCUT2D eigenvalue weighted by Crippen LogP contribution is 2.39. The van der Waals surface area contributed by atoms with E-state index in [1.54, 1.807) is 6.07 Å². The minimum atomic E-state index is -2.66. The number of imide groups is 1. The van der Waals surface area contributed by atoms with Gasteiger partial charge in [-0.25, -0.2) is 8.78 Å². The lowest BCUT2D eigenvalue weighted by Crippen LogP contribution is -2.52. The van der Waals surface area contributed by atoms with Crippen molar-refractivity contribution in [3.05, 3.63) is 34.9 Å². The molecule has 2 saturated heterocycles. The summed E-state index contributed by atoms with van der Waals surface area (Å²) in [6.45, 7) is 3.87. The van der Waals surface area contributed by atoms with Crippen LogP contribution >= 0.6 is 0 Å². The van der Waals surface area contributed by atoms with E-state index in [4.69, 9.17) is 4.74 Å². The van der Waals surface area contributed by atoms with Crippen molar-refractivity contribution >= 4 is 17.7 Å². The van der Waals surface area contributed by atoms with Gasteiger partial charge in [0.1, 0.15) is 6.04 Å². The number of amides is 3. The predicted octanol–water partition coefficient (Wildman–Crippen LogP) is 3.20. The summed E-state index contributed by atoms with van der Waals surface area (Å²) >= 11 is 0. The van der Waals surface area contributed by atoms with Crippen LogP contribution in [0.5, 0.6) is 0 Å². The molecule has 1 aliphatic carbocycles. The fraction of sp³-hybridized carbons (Fsp3) is 0.667. The van der Waals surface area contributed by atoms with Gasteiger partial charge in [0.05, 0.1) is 0 Å². The summed E-state index contributed by atoms with van der Waals surface area (Å²) in [7, 11) is 0. The van der Waals surface area contributed by atoms with E-state index in [-0.39, 0.29) is 49.1 Å². The molecule has 36 heavy (non-hydrogen) atoms. The van der Waals surface area contributed by atoms with Gasteiger partial charge in [0.2, 0.25) is 17.7 Å². The number of carbonyl (C=O) groups is 3. The van der Waals surface area contributed by atoms with Crippen molar-refractivity contribution in [3.63, 3.8) is 0 Å². The van der Waals surface area contributed by atoms with E-state index in [9.17, 15) is 23.2 Å². The molecular formula is C27H35F2N3O4. The highest BCUT2D eigenvalue weighted by atomic mass is 19.3. The first kappa shape index (κ1) is 25.3. The number of rotatable bonds is 6. The van der Waals surface area contributed by atoms with Gasteiger partial charge in [-0.2, -0.15) is 0 Å². The summed E-state index contributed by atoms with van der Waals surface area (Å²) in [5, 5.41) is 5.89. The third kappa shape index (κ3) is 5.32. The molecular weight excluding hydrogens is 468 g/mol. The van der Waals surface area contributed by atoms with Crippen LogP contribution in [-0.2, 0) is 27.3 Å². The topological polar surface area (TPSA) is 87.7 Å². The molecule has 0 radical (unpaired) electrons. The molecule has 4 atom stereocenters. The van der Waals surface area contributed by atoms with Crippen LogP contribution in [-0.4, -0.2) is 59.9 Å². The normalized spacial score (nSPS) is 29.7. The number of fused-ring (bicyclic) bond motifs is 1. The van der Waals surface area contributed by atoms with Gasteiger partial charge in [0, 0.05) is 56.7 Å². The maximum Gasteiger partial charge on any atom is 0.255 e. The Kier molecular flexibility index (Phi) is 7.14. The monoisotopic (exact) mass is 503 g/mol. The van der Waals surface area contributed by atoms with Crippen molar-refractivity contribution < 1.29 is 27.9 Å². The summed E-state index contributed by atoms with van der Waals surface area (Å²) in [4.78, 5) is 38.3. The van der Waals surface area contributed by atoms with Crippen molar-refractivity contribution in [2.75, 3.05) is 13.2 Å². The third-order valence-corrected chi connectivity index (χ3v) is 8.50. The number of halogens is 2. The first-order chi connectivity index (χ1) is 17.2. The van der Waals surface area contributed by atoms with Crippen LogP contribution in [0.4, 0.5) is 8.78 Å². The molecule has 3 amide bonds. The molecule has 0 spiro atoms. The Balaban J connectivity index is 1.27. The smallest absolute Gasteiger partial charge is 0.255 e. The number of carbonyl (C=O) groups excluding carboxylic acids is 3. The molecule has 2 N–H and O–H groups in total. The molecule has 0 aromatic heterocycles. The molecule has 1 aromatic rings. The van der Waals surface area contributed by atoms with E-state index in [1.807, 2.05) is 12.1 Å². The summed E-state index contributed by atoms with van der Waals surface area (Å²) in [6, 6.07) is 4.92. The third-order valence-electron chi connectivity index (χ3n) is 8.50. The van der Waals surface area contributed by atoms with Crippen LogP contribution < -0.4 is 10.6 Å². The molecule has 3 fully saturated rings. The molecule has 1 saturated carbocycles. The second kappa shape index (κ2) is 10.2. The van der Waals surface area contributed by atoms with Gasteiger partial charge in [-0.15, -0.1) is 0 Å². The summed E-state index contributed by atoms with van der Waals surface area (Å²) in [5.41, 5.74) is 2.44. The van der Waals surface area contributed by atoms with E-state index in [0.29, 0.717) is 37.3 Å². The Morgan fingerprint density at radius 3 is 2.69 bits per heavy atom. The first-order valence-electron chi connectivity index (χ1n) is 13.2. The van der Waals surface area contributed by atoms with Gasteiger partial charge in [-0.3, -0.25) is 19.7 Å². The number of ether oxygens (including phenoxy) is 1. The van der Waals surface area contributed by atoms with Crippen molar-refractivity contribution in [2.45, 2.75) is 88.9 Å². The second-order valence-electron chi connectivity index (χ2n) is 11.0. The minimum absolute atomic E-state index is 0.0771. The van der Waals surface area contributed by atoms with Crippen LogP contribution in [0.2, 0.25) is 0 Å².